The minimum atomic E-state index is -8.62. The molecule has 0 aromatic carbocycles. The molecular weight excluding hydrogens is 638 g/mol. The SMILES string of the molecule is COC(=O)c1c(NC(=O)C(F)(F)C(F)(F)C(F)(F)C(F)(F)C(F)(F)C(F)(F)C(F)(F)C(F)F)sc2c1CCCCC2. The summed E-state index contributed by atoms with van der Waals surface area (Å²) in [6.07, 6.45) is -4.39. The first kappa shape index (κ1) is 34.7. The van der Waals surface area contributed by atoms with E-state index in [1.165, 1.54) is 0 Å². The van der Waals surface area contributed by atoms with Crippen LogP contribution in [-0.2, 0) is 22.4 Å². The number of aryl methyl sites for hydroxylation is 1. The third kappa shape index (κ3) is 4.98. The fraction of sp³-hybridized carbons (Fsp3) is 0.700. The molecule has 1 N–H and O–H groups in total. The van der Waals surface area contributed by atoms with Crippen molar-refractivity contribution in [1.29, 1.82) is 0 Å². The number of ether oxygens (including phenoxy) is 1. The highest BCUT2D eigenvalue weighted by molar-refractivity contribution is 7.17. The zero-order valence-electron chi connectivity index (χ0n) is 19.8. The standard InChI is InChI=1S/C20H15F16NO3S/c1-40-11(38)9-7-5-3-2-4-6-8(7)41-10(9)37-13(39)15(25,26)17(29,30)19(33,34)20(35,36)18(31,32)16(27,28)14(23,24)12(21)22/h12H,2-6H2,1H3,(H,37,39). The predicted octanol–water partition coefficient (Wildman–Crippen LogP) is 7.45. The van der Waals surface area contributed by atoms with Crippen LogP contribution in [0.25, 0.3) is 0 Å². The summed E-state index contributed by atoms with van der Waals surface area (Å²) in [6, 6.07) is 0. The molecule has 1 amide bonds. The van der Waals surface area contributed by atoms with Gasteiger partial charge in [-0.1, -0.05) is 6.42 Å². The van der Waals surface area contributed by atoms with Crippen molar-refractivity contribution < 1.29 is 84.6 Å². The second-order valence-corrected chi connectivity index (χ2v) is 9.69. The fourth-order valence-corrected chi connectivity index (χ4v) is 4.88. The largest absolute Gasteiger partial charge is 0.465 e. The Kier molecular flexibility index (Phi) is 9.03. The molecule has 0 fully saturated rings. The highest BCUT2D eigenvalue weighted by Crippen LogP contribution is 2.63. The Morgan fingerprint density at radius 1 is 0.732 bits per heavy atom. The molecule has 0 spiro atoms. The van der Waals surface area contributed by atoms with Gasteiger partial charge in [0.25, 0.3) is 0 Å². The average molecular weight is 653 g/mol. The number of carbonyl (C=O) groups is 2. The van der Waals surface area contributed by atoms with Crippen LogP contribution < -0.4 is 5.32 Å². The van der Waals surface area contributed by atoms with Gasteiger partial charge in [0.1, 0.15) is 5.00 Å². The second-order valence-electron chi connectivity index (χ2n) is 8.58. The molecule has 0 bridgehead atoms. The summed E-state index contributed by atoms with van der Waals surface area (Å²) < 4.78 is 221. The maximum Gasteiger partial charge on any atom is 0.393 e. The lowest BCUT2D eigenvalue weighted by Crippen LogP contribution is -2.74. The third-order valence-electron chi connectivity index (χ3n) is 5.99. The lowest BCUT2D eigenvalue weighted by atomic mass is 9.89. The van der Waals surface area contributed by atoms with Crippen molar-refractivity contribution in [1.82, 2.24) is 0 Å². The van der Waals surface area contributed by atoms with Crippen molar-refractivity contribution in [3.63, 3.8) is 0 Å². The summed E-state index contributed by atoms with van der Waals surface area (Å²) in [5.74, 6) is -61.7. The van der Waals surface area contributed by atoms with E-state index >= 15 is 0 Å². The van der Waals surface area contributed by atoms with E-state index in [4.69, 9.17) is 0 Å². The molecule has 21 heteroatoms. The molecule has 0 unspecified atom stereocenters. The summed E-state index contributed by atoms with van der Waals surface area (Å²) in [6.45, 7) is 0. The molecule has 1 aliphatic rings. The maximum atomic E-state index is 14.3. The highest BCUT2D eigenvalue weighted by Gasteiger charge is 2.94. The predicted molar refractivity (Wildman–Crippen MR) is 106 cm³/mol. The summed E-state index contributed by atoms with van der Waals surface area (Å²) in [5, 5.41) is -0.151. The number of esters is 1. The Hall–Kier alpha value is -2.48. The number of fused-ring (bicyclic) bond motifs is 1. The van der Waals surface area contributed by atoms with Crippen molar-refractivity contribution >= 4 is 28.2 Å². The number of alkyl halides is 16. The van der Waals surface area contributed by atoms with Crippen LogP contribution in [0.3, 0.4) is 0 Å². The molecule has 2 rings (SSSR count). The van der Waals surface area contributed by atoms with Crippen LogP contribution in [-0.4, -0.2) is 66.9 Å². The van der Waals surface area contributed by atoms with Gasteiger partial charge in [0.2, 0.25) is 0 Å². The van der Waals surface area contributed by atoms with Crippen LogP contribution in [0.15, 0.2) is 0 Å². The number of amides is 1. The van der Waals surface area contributed by atoms with Crippen LogP contribution in [0.1, 0.15) is 40.1 Å². The zero-order valence-corrected chi connectivity index (χ0v) is 20.6. The fourth-order valence-electron chi connectivity index (χ4n) is 3.61. The van der Waals surface area contributed by atoms with E-state index in [0.717, 1.165) is 12.4 Å². The Morgan fingerprint density at radius 3 is 1.68 bits per heavy atom. The van der Waals surface area contributed by atoms with E-state index in [0.29, 0.717) is 19.3 Å². The second kappa shape index (κ2) is 10.7. The Bertz CT molecular complexity index is 1160. The van der Waals surface area contributed by atoms with E-state index in [2.05, 4.69) is 4.74 Å². The molecule has 1 aromatic heterocycles. The number of hydrogen-bond donors (Lipinski definition) is 1. The first-order valence-corrected chi connectivity index (χ1v) is 11.6. The van der Waals surface area contributed by atoms with Gasteiger partial charge < -0.3 is 10.1 Å². The van der Waals surface area contributed by atoms with Crippen LogP contribution in [0.2, 0.25) is 0 Å². The van der Waals surface area contributed by atoms with Gasteiger partial charge in [-0.3, -0.25) is 4.79 Å². The zero-order chi connectivity index (χ0) is 32.2. The van der Waals surface area contributed by atoms with Gasteiger partial charge in [-0.25, -0.2) is 13.6 Å². The lowest BCUT2D eigenvalue weighted by molar-refractivity contribution is -0.443. The van der Waals surface area contributed by atoms with Crippen LogP contribution in [0.5, 0.6) is 0 Å². The van der Waals surface area contributed by atoms with E-state index in [1.807, 2.05) is 0 Å². The van der Waals surface area contributed by atoms with Gasteiger partial charge in [0, 0.05) is 4.88 Å². The molecule has 4 nitrogen and oxygen atoms in total. The van der Waals surface area contributed by atoms with Crippen LogP contribution in [0, 0.1) is 0 Å². The van der Waals surface area contributed by atoms with Crippen LogP contribution >= 0.6 is 11.3 Å². The first-order chi connectivity index (χ1) is 18.3. The topological polar surface area (TPSA) is 55.4 Å². The van der Waals surface area contributed by atoms with Gasteiger partial charge in [0.15, 0.2) is 0 Å². The van der Waals surface area contributed by atoms with E-state index in [9.17, 15) is 79.8 Å². The van der Waals surface area contributed by atoms with E-state index in [1.54, 1.807) is 0 Å². The number of nitrogens with one attached hydrogen (secondary N) is 1. The quantitative estimate of drug-likeness (QED) is 0.162. The smallest absolute Gasteiger partial charge is 0.393 e. The molecule has 41 heavy (non-hydrogen) atoms. The summed E-state index contributed by atoms with van der Waals surface area (Å²) in [5.41, 5.74) is -0.664. The number of methoxy groups -OCH3 is 1. The number of rotatable bonds is 10. The maximum absolute atomic E-state index is 14.3. The summed E-state index contributed by atoms with van der Waals surface area (Å²) in [4.78, 5) is 24.3. The minimum absolute atomic E-state index is 0.0372. The lowest BCUT2D eigenvalue weighted by Gasteiger charge is -2.42. The molecule has 1 aromatic rings. The molecule has 0 radical (unpaired) electrons. The summed E-state index contributed by atoms with van der Waals surface area (Å²) in [7, 11) is 0.744. The molecule has 236 valence electrons. The number of hydrogen-bond acceptors (Lipinski definition) is 4. The molecule has 0 atom stereocenters. The molecule has 1 aliphatic carbocycles. The molecule has 0 saturated heterocycles. The number of carbonyl (C=O) groups excluding carboxylic acids is 2. The van der Waals surface area contributed by atoms with Crippen molar-refractivity contribution in [3.8, 4) is 0 Å². The Morgan fingerprint density at radius 2 is 1.20 bits per heavy atom. The van der Waals surface area contributed by atoms with Crippen molar-refractivity contribution in [2.24, 2.45) is 0 Å². The first-order valence-electron chi connectivity index (χ1n) is 10.8. The van der Waals surface area contributed by atoms with Gasteiger partial charge in [-0.15, -0.1) is 11.3 Å². The van der Waals surface area contributed by atoms with Crippen molar-refractivity contribution in [2.75, 3.05) is 12.4 Å². The van der Waals surface area contributed by atoms with Gasteiger partial charge in [-0.05, 0) is 31.2 Å². The number of thiophene rings is 1. The van der Waals surface area contributed by atoms with Crippen molar-refractivity contribution in [2.45, 2.75) is 80.0 Å². The van der Waals surface area contributed by atoms with Crippen LogP contribution in [0.4, 0.5) is 75.2 Å². The van der Waals surface area contributed by atoms with E-state index < -0.39 is 70.3 Å². The average Bonchev–Trinajstić information content (AvgIpc) is 3.02. The highest BCUT2D eigenvalue weighted by atomic mass is 32.1. The molecule has 1 heterocycles. The Balaban J connectivity index is 2.57. The van der Waals surface area contributed by atoms with Gasteiger partial charge >= 0.3 is 59.8 Å². The van der Waals surface area contributed by atoms with Crippen molar-refractivity contribution in [3.05, 3.63) is 16.0 Å². The summed E-state index contributed by atoms with van der Waals surface area (Å²) >= 11 is 0.280. The van der Waals surface area contributed by atoms with Gasteiger partial charge in [-0.2, -0.15) is 61.5 Å². The molecule has 0 saturated carbocycles. The number of anilines is 1. The monoisotopic (exact) mass is 653 g/mol. The molecule has 0 aliphatic heterocycles. The van der Waals surface area contributed by atoms with E-state index in [-0.39, 0.29) is 34.6 Å². The minimum Gasteiger partial charge on any atom is -0.465 e. The van der Waals surface area contributed by atoms with Gasteiger partial charge in [0.05, 0.1) is 12.7 Å². The Labute approximate surface area is 222 Å². The normalized spacial score (nSPS) is 16.3. The third-order valence-corrected chi connectivity index (χ3v) is 7.19. The molecular formula is C20H15F16NO3S. The number of halogens is 16.